The van der Waals surface area contributed by atoms with Crippen molar-refractivity contribution in [1.29, 1.82) is 0 Å². The highest BCUT2D eigenvalue weighted by Crippen LogP contribution is 2.23. The van der Waals surface area contributed by atoms with Crippen molar-refractivity contribution in [3.05, 3.63) is 35.4 Å². The average molecular weight is 295 g/mol. The summed E-state index contributed by atoms with van der Waals surface area (Å²) in [7, 11) is -0.920. The first-order valence-electron chi connectivity index (χ1n) is 7.33. The molecule has 3 nitrogen and oxygen atoms in total. The Kier molecular flexibility index (Phi) is 5.35. The molecule has 0 radical (unpaired) electrons. The number of ether oxygens (including phenoxy) is 1. The quantitative estimate of drug-likeness (QED) is 0.908. The molecule has 112 valence electrons. The maximum Gasteiger partial charge on any atom is 0.0691 e. The van der Waals surface area contributed by atoms with Gasteiger partial charge in [-0.2, -0.15) is 0 Å². The molecule has 0 spiro atoms. The van der Waals surface area contributed by atoms with Gasteiger partial charge in [-0.25, -0.2) is 0 Å². The molecule has 4 unspecified atom stereocenters. The van der Waals surface area contributed by atoms with E-state index in [-0.39, 0.29) is 17.4 Å². The molecule has 1 aliphatic heterocycles. The number of benzene rings is 1. The molecule has 0 aliphatic carbocycles. The minimum atomic E-state index is -0.920. The van der Waals surface area contributed by atoms with E-state index in [0.717, 1.165) is 18.6 Å². The molecule has 0 aromatic heterocycles. The van der Waals surface area contributed by atoms with Crippen LogP contribution in [0.4, 0.5) is 0 Å². The normalized spacial score (nSPS) is 25.9. The van der Waals surface area contributed by atoms with Gasteiger partial charge in [0.15, 0.2) is 0 Å². The zero-order valence-corrected chi connectivity index (χ0v) is 13.4. The molecule has 2 N–H and O–H groups in total. The van der Waals surface area contributed by atoms with Crippen LogP contribution in [-0.4, -0.2) is 27.9 Å². The second kappa shape index (κ2) is 6.83. The van der Waals surface area contributed by atoms with Crippen molar-refractivity contribution >= 4 is 10.8 Å². The van der Waals surface area contributed by atoms with Crippen molar-refractivity contribution in [2.45, 2.75) is 50.5 Å². The highest BCUT2D eigenvalue weighted by atomic mass is 32.2. The van der Waals surface area contributed by atoms with E-state index in [1.165, 1.54) is 5.56 Å². The molecule has 4 heteroatoms. The zero-order valence-electron chi connectivity index (χ0n) is 12.5. The molecule has 4 atom stereocenters. The van der Waals surface area contributed by atoms with E-state index in [1.807, 2.05) is 6.92 Å². The molecule has 0 amide bonds. The van der Waals surface area contributed by atoms with Gasteiger partial charge in [-0.15, -0.1) is 0 Å². The molecule has 1 aliphatic rings. The lowest BCUT2D eigenvalue weighted by Crippen LogP contribution is -2.29. The zero-order chi connectivity index (χ0) is 14.7. The van der Waals surface area contributed by atoms with Crippen molar-refractivity contribution in [1.82, 2.24) is 0 Å². The van der Waals surface area contributed by atoms with Crippen molar-refractivity contribution in [2.75, 3.05) is 12.4 Å². The van der Waals surface area contributed by atoms with Gasteiger partial charge in [0, 0.05) is 29.2 Å². The second-order valence-electron chi connectivity index (χ2n) is 5.88. The molecule has 0 bridgehead atoms. The third kappa shape index (κ3) is 3.68. The van der Waals surface area contributed by atoms with Gasteiger partial charge in [0.05, 0.1) is 11.4 Å². The van der Waals surface area contributed by atoms with E-state index in [9.17, 15) is 4.21 Å². The molecule has 0 saturated carbocycles. The van der Waals surface area contributed by atoms with Crippen LogP contribution in [0.25, 0.3) is 0 Å². The Hall–Kier alpha value is -0.710. The van der Waals surface area contributed by atoms with Crippen molar-refractivity contribution in [2.24, 2.45) is 5.73 Å². The Morgan fingerprint density at radius 1 is 1.30 bits per heavy atom. The Morgan fingerprint density at radius 3 is 2.40 bits per heavy atom. The summed E-state index contributed by atoms with van der Waals surface area (Å²) < 4.78 is 17.8. The molecule has 1 heterocycles. The van der Waals surface area contributed by atoms with E-state index in [4.69, 9.17) is 10.5 Å². The summed E-state index contributed by atoms with van der Waals surface area (Å²) in [4.78, 5) is 0. The first kappa shape index (κ1) is 15.7. The van der Waals surface area contributed by atoms with Crippen LogP contribution in [0, 0.1) is 0 Å². The van der Waals surface area contributed by atoms with Crippen molar-refractivity contribution in [3.8, 4) is 0 Å². The first-order chi connectivity index (χ1) is 9.49. The summed E-state index contributed by atoms with van der Waals surface area (Å²) in [5, 5.41) is 0.135. The lowest BCUT2D eigenvalue weighted by Gasteiger charge is -2.18. The van der Waals surface area contributed by atoms with Crippen LogP contribution in [-0.2, 0) is 15.5 Å². The maximum atomic E-state index is 12.4. The minimum Gasteiger partial charge on any atom is -0.377 e. The van der Waals surface area contributed by atoms with Crippen molar-refractivity contribution in [3.63, 3.8) is 0 Å². The monoisotopic (exact) mass is 295 g/mol. The van der Waals surface area contributed by atoms with Crippen LogP contribution in [0.2, 0.25) is 0 Å². The third-order valence-electron chi connectivity index (χ3n) is 4.02. The molecular weight excluding hydrogens is 270 g/mol. The van der Waals surface area contributed by atoms with E-state index in [1.54, 1.807) is 0 Å². The van der Waals surface area contributed by atoms with E-state index >= 15 is 0 Å². The molecule has 2 rings (SSSR count). The van der Waals surface area contributed by atoms with Crippen LogP contribution in [0.15, 0.2) is 24.3 Å². The fraction of sp³-hybridized carbons (Fsp3) is 0.625. The highest BCUT2D eigenvalue weighted by molar-refractivity contribution is 7.85. The predicted octanol–water partition coefficient (Wildman–Crippen LogP) is 2.74. The highest BCUT2D eigenvalue weighted by Gasteiger charge is 2.30. The summed E-state index contributed by atoms with van der Waals surface area (Å²) >= 11 is 0. The van der Waals surface area contributed by atoms with Crippen LogP contribution < -0.4 is 5.73 Å². The topological polar surface area (TPSA) is 52.3 Å². The molecule has 1 saturated heterocycles. The SMILES string of the molecule is CC(C)c1ccc(C(N)CS(=O)C2CCOC2C)cc1. The number of hydrogen-bond acceptors (Lipinski definition) is 3. The lowest BCUT2D eigenvalue weighted by molar-refractivity contribution is 0.127. The average Bonchev–Trinajstić information content (AvgIpc) is 2.85. The van der Waals surface area contributed by atoms with Gasteiger partial charge in [-0.05, 0) is 30.4 Å². The number of rotatable bonds is 5. The van der Waals surface area contributed by atoms with Gasteiger partial charge in [0.1, 0.15) is 0 Å². The van der Waals surface area contributed by atoms with Crippen LogP contribution >= 0.6 is 0 Å². The van der Waals surface area contributed by atoms with Gasteiger partial charge >= 0.3 is 0 Å². The second-order valence-corrected chi connectivity index (χ2v) is 7.58. The van der Waals surface area contributed by atoms with Crippen LogP contribution in [0.1, 0.15) is 50.3 Å². The molecule has 20 heavy (non-hydrogen) atoms. The van der Waals surface area contributed by atoms with Gasteiger partial charge in [-0.3, -0.25) is 4.21 Å². The minimum absolute atomic E-state index is 0.0892. The van der Waals surface area contributed by atoms with Gasteiger partial charge in [0.2, 0.25) is 0 Å². The Bertz CT molecular complexity index is 458. The van der Waals surface area contributed by atoms with Crippen molar-refractivity contribution < 1.29 is 8.95 Å². The molecular formula is C16H25NO2S. The molecule has 1 fully saturated rings. The molecule has 1 aromatic rings. The summed E-state index contributed by atoms with van der Waals surface area (Å²) in [5.41, 5.74) is 8.57. The maximum absolute atomic E-state index is 12.4. The summed E-state index contributed by atoms with van der Waals surface area (Å²) in [5.74, 6) is 1.03. The summed E-state index contributed by atoms with van der Waals surface area (Å²) in [6.45, 7) is 7.06. The third-order valence-corrected chi connectivity index (χ3v) is 6.00. The van der Waals surface area contributed by atoms with Gasteiger partial charge in [0.25, 0.3) is 0 Å². The smallest absolute Gasteiger partial charge is 0.0691 e. The number of hydrogen-bond donors (Lipinski definition) is 1. The van der Waals surface area contributed by atoms with Gasteiger partial charge in [-0.1, -0.05) is 38.1 Å². The van der Waals surface area contributed by atoms with Crippen LogP contribution in [0.5, 0.6) is 0 Å². The van der Waals surface area contributed by atoms with Crippen LogP contribution in [0.3, 0.4) is 0 Å². The number of nitrogens with two attached hydrogens (primary N) is 1. The van der Waals surface area contributed by atoms with E-state index < -0.39 is 10.8 Å². The summed E-state index contributed by atoms with van der Waals surface area (Å²) in [6, 6.07) is 8.19. The standard InChI is InChI=1S/C16H25NO2S/c1-11(2)13-4-6-14(7-5-13)15(17)10-20(18)16-8-9-19-12(16)3/h4-7,11-12,15-16H,8-10,17H2,1-3H3. The largest absolute Gasteiger partial charge is 0.377 e. The predicted molar refractivity (Wildman–Crippen MR) is 84.3 cm³/mol. The Labute approximate surface area is 124 Å². The van der Waals surface area contributed by atoms with Gasteiger partial charge < -0.3 is 10.5 Å². The lowest BCUT2D eigenvalue weighted by atomic mass is 10.00. The fourth-order valence-electron chi connectivity index (χ4n) is 2.58. The van der Waals surface area contributed by atoms with E-state index in [0.29, 0.717) is 11.7 Å². The Morgan fingerprint density at radius 2 is 1.90 bits per heavy atom. The Balaban J connectivity index is 1.97. The molecule has 1 aromatic carbocycles. The van der Waals surface area contributed by atoms with E-state index in [2.05, 4.69) is 38.1 Å². The summed E-state index contributed by atoms with van der Waals surface area (Å²) in [6.07, 6.45) is 0.971. The fourth-order valence-corrected chi connectivity index (χ4v) is 4.24. The first-order valence-corrected chi connectivity index (χ1v) is 8.71.